The fraction of sp³-hybridized carbons (Fsp3) is 0.647. The molecule has 1 N–H and O–H groups in total. The van der Waals surface area contributed by atoms with Gasteiger partial charge in [-0.05, 0) is 50.3 Å². The molecule has 2 atom stereocenters. The summed E-state index contributed by atoms with van der Waals surface area (Å²) in [5.74, 6) is 1.68. The van der Waals surface area contributed by atoms with Crippen LogP contribution in [0.5, 0.6) is 5.75 Å². The van der Waals surface area contributed by atoms with Crippen molar-refractivity contribution in [2.24, 2.45) is 0 Å². The van der Waals surface area contributed by atoms with E-state index in [1.54, 1.807) is 0 Å². The van der Waals surface area contributed by atoms with Gasteiger partial charge in [0.25, 0.3) is 0 Å². The Bertz CT molecular complexity index is 435. The number of hydrogen-bond donors (Lipinski definition) is 1. The molecule has 0 saturated carbocycles. The van der Waals surface area contributed by atoms with Crippen molar-refractivity contribution in [2.45, 2.75) is 44.1 Å². The molecule has 1 aromatic rings. The first-order chi connectivity index (χ1) is 9.88. The number of ether oxygens (including phenoxy) is 1. The third kappa shape index (κ3) is 2.99. The standard InChI is InChI=1S/C17H25NO2/c19-11-4-6-15-5-3-10-18(15)13-14-9-12-20-17-8-2-1-7-16(14)17/h1-2,7-8,14-15,19H,3-6,9-13H2. The van der Waals surface area contributed by atoms with Crippen molar-refractivity contribution in [2.75, 3.05) is 26.3 Å². The zero-order valence-electron chi connectivity index (χ0n) is 12.1. The summed E-state index contributed by atoms with van der Waals surface area (Å²) in [5.41, 5.74) is 1.38. The van der Waals surface area contributed by atoms with E-state index in [2.05, 4.69) is 29.2 Å². The van der Waals surface area contributed by atoms with Crippen LogP contribution in [0, 0.1) is 0 Å². The molecule has 1 fully saturated rings. The maximum Gasteiger partial charge on any atom is 0.122 e. The maximum atomic E-state index is 9.03. The number of aliphatic hydroxyl groups excluding tert-OH is 1. The summed E-state index contributed by atoms with van der Waals surface area (Å²) in [5, 5.41) is 9.03. The highest BCUT2D eigenvalue weighted by molar-refractivity contribution is 5.38. The molecule has 0 amide bonds. The molecular formula is C17H25NO2. The fourth-order valence-corrected chi connectivity index (χ4v) is 3.68. The lowest BCUT2D eigenvalue weighted by atomic mass is 9.92. The lowest BCUT2D eigenvalue weighted by molar-refractivity contribution is 0.185. The summed E-state index contributed by atoms with van der Waals surface area (Å²) < 4.78 is 5.76. The summed E-state index contributed by atoms with van der Waals surface area (Å²) in [6, 6.07) is 9.17. The number of rotatable bonds is 5. The number of hydrogen-bond acceptors (Lipinski definition) is 3. The molecule has 110 valence electrons. The van der Waals surface area contributed by atoms with Gasteiger partial charge in [0.05, 0.1) is 6.61 Å². The van der Waals surface area contributed by atoms with Crippen molar-refractivity contribution >= 4 is 0 Å². The Hall–Kier alpha value is -1.06. The van der Waals surface area contributed by atoms with Crippen LogP contribution in [-0.4, -0.2) is 42.4 Å². The number of nitrogens with zero attached hydrogens (tertiary/aromatic N) is 1. The molecule has 20 heavy (non-hydrogen) atoms. The Labute approximate surface area is 121 Å². The Morgan fingerprint density at radius 1 is 1.25 bits per heavy atom. The molecule has 0 bridgehead atoms. The van der Waals surface area contributed by atoms with Crippen molar-refractivity contribution in [3.63, 3.8) is 0 Å². The minimum Gasteiger partial charge on any atom is -0.493 e. The smallest absolute Gasteiger partial charge is 0.122 e. The molecule has 0 aromatic heterocycles. The van der Waals surface area contributed by atoms with Gasteiger partial charge >= 0.3 is 0 Å². The van der Waals surface area contributed by atoms with Crippen LogP contribution in [0.1, 0.15) is 43.6 Å². The summed E-state index contributed by atoms with van der Waals surface area (Å²) in [4.78, 5) is 2.64. The van der Waals surface area contributed by atoms with Crippen LogP contribution in [0.2, 0.25) is 0 Å². The molecule has 0 radical (unpaired) electrons. The van der Waals surface area contributed by atoms with Gasteiger partial charge < -0.3 is 9.84 Å². The summed E-state index contributed by atoms with van der Waals surface area (Å²) >= 11 is 0. The molecule has 3 rings (SSSR count). The van der Waals surface area contributed by atoms with E-state index in [0.29, 0.717) is 18.6 Å². The molecule has 0 spiro atoms. The largest absolute Gasteiger partial charge is 0.493 e. The number of para-hydroxylation sites is 1. The normalized spacial score (nSPS) is 26.2. The average molecular weight is 275 g/mol. The monoisotopic (exact) mass is 275 g/mol. The maximum absolute atomic E-state index is 9.03. The summed E-state index contributed by atoms with van der Waals surface area (Å²) in [6.07, 6.45) is 5.80. The van der Waals surface area contributed by atoms with Gasteiger partial charge in [0.1, 0.15) is 5.75 Å². The van der Waals surface area contributed by atoms with E-state index in [1.165, 1.54) is 24.9 Å². The van der Waals surface area contributed by atoms with E-state index in [1.807, 2.05) is 0 Å². The predicted octanol–water partition coefficient (Wildman–Crippen LogP) is 2.79. The molecule has 2 aliphatic heterocycles. The first-order valence-electron chi connectivity index (χ1n) is 7.95. The highest BCUT2D eigenvalue weighted by atomic mass is 16.5. The molecule has 3 nitrogen and oxygen atoms in total. The first kappa shape index (κ1) is 13.9. The first-order valence-corrected chi connectivity index (χ1v) is 7.95. The Morgan fingerprint density at radius 2 is 2.15 bits per heavy atom. The highest BCUT2D eigenvalue weighted by Crippen LogP contribution is 2.35. The predicted molar refractivity (Wildman–Crippen MR) is 80.2 cm³/mol. The van der Waals surface area contributed by atoms with Gasteiger partial charge in [-0.1, -0.05) is 18.2 Å². The van der Waals surface area contributed by atoms with Crippen LogP contribution in [-0.2, 0) is 0 Å². The minimum absolute atomic E-state index is 0.324. The highest BCUT2D eigenvalue weighted by Gasteiger charge is 2.29. The molecule has 1 aromatic carbocycles. The van der Waals surface area contributed by atoms with Gasteiger partial charge in [-0.15, -0.1) is 0 Å². The molecule has 2 heterocycles. The number of fused-ring (bicyclic) bond motifs is 1. The molecule has 3 heteroatoms. The zero-order chi connectivity index (χ0) is 13.8. The van der Waals surface area contributed by atoms with E-state index in [0.717, 1.165) is 38.2 Å². The summed E-state index contributed by atoms with van der Waals surface area (Å²) in [6.45, 7) is 3.54. The van der Waals surface area contributed by atoms with Crippen molar-refractivity contribution < 1.29 is 9.84 Å². The van der Waals surface area contributed by atoms with Crippen LogP contribution in [0.25, 0.3) is 0 Å². The lowest BCUT2D eigenvalue weighted by Gasteiger charge is -2.32. The lowest BCUT2D eigenvalue weighted by Crippen LogP contribution is -2.35. The van der Waals surface area contributed by atoms with Crippen molar-refractivity contribution in [1.29, 1.82) is 0 Å². The van der Waals surface area contributed by atoms with Gasteiger partial charge in [-0.3, -0.25) is 4.90 Å². The van der Waals surface area contributed by atoms with Crippen molar-refractivity contribution in [3.8, 4) is 5.75 Å². The molecular weight excluding hydrogens is 250 g/mol. The molecule has 0 aliphatic carbocycles. The molecule has 1 saturated heterocycles. The van der Waals surface area contributed by atoms with Gasteiger partial charge in [0.15, 0.2) is 0 Å². The zero-order valence-corrected chi connectivity index (χ0v) is 12.1. The SMILES string of the molecule is OCCCC1CCCN1CC1CCOc2ccccc21. The van der Waals surface area contributed by atoms with Gasteiger partial charge in [0, 0.05) is 25.1 Å². The van der Waals surface area contributed by atoms with E-state index in [4.69, 9.17) is 9.84 Å². The quantitative estimate of drug-likeness (QED) is 0.897. The second-order valence-electron chi connectivity index (χ2n) is 6.03. The fourth-order valence-electron chi connectivity index (χ4n) is 3.68. The third-order valence-electron chi connectivity index (χ3n) is 4.73. The average Bonchev–Trinajstić information content (AvgIpc) is 2.93. The number of aliphatic hydroxyl groups is 1. The number of likely N-dealkylation sites (tertiary alicyclic amines) is 1. The van der Waals surface area contributed by atoms with Crippen LogP contribution in [0.4, 0.5) is 0 Å². The second kappa shape index (κ2) is 6.59. The Kier molecular flexibility index (Phi) is 4.58. The molecule has 2 unspecified atom stereocenters. The van der Waals surface area contributed by atoms with Gasteiger partial charge in [-0.25, -0.2) is 0 Å². The molecule has 2 aliphatic rings. The topological polar surface area (TPSA) is 32.7 Å². The number of benzene rings is 1. The second-order valence-corrected chi connectivity index (χ2v) is 6.03. The van der Waals surface area contributed by atoms with E-state index in [9.17, 15) is 0 Å². The van der Waals surface area contributed by atoms with Crippen LogP contribution in [0.15, 0.2) is 24.3 Å². The Morgan fingerprint density at radius 3 is 3.05 bits per heavy atom. The van der Waals surface area contributed by atoms with Gasteiger partial charge in [0.2, 0.25) is 0 Å². The third-order valence-corrected chi connectivity index (χ3v) is 4.73. The van der Waals surface area contributed by atoms with Crippen LogP contribution >= 0.6 is 0 Å². The van der Waals surface area contributed by atoms with E-state index >= 15 is 0 Å². The van der Waals surface area contributed by atoms with Crippen molar-refractivity contribution in [1.82, 2.24) is 4.90 Å². The van der Waals surface area contributed by atoms with Crippen LogP contribution < -0.4 is 4.74 Å². The van der Waals surface area contributed by atoms with Crippen molar-refractivity contribution in [3.05, 3.63) is 29.8 Å². The Balaban J connectivity index is 1.66. The minimum atomic E-state index is 0.324. The van der Waals surface area contributed by atoms with E-state index in [-0.39, 0.29) is 0 Å². The van der Waals surface area contributed by atoms with E-state index < -0.39 is 0 Å². The summed E-state index contributed by atoms with van der Waals surface area (Å²) in [7, 11) is 0. The van der Waals surface area contributed by atoms with Gasteiger partial charge in [-0.2, -0.15) is 0 Å². The van der Waals surface area contributed by atoms with Crippen LogP contribution in [0.3, 0.4) is 0 Å².